The number of anilines is 2. The van der Waals surface area contributed by atoms with Gasteiger partial charge in [0.2, 0.25) is 0 Å². The summed E-state index contributed by atoms with van der Waals surface area (Å²) in [4.78, 5) is 6.52. The zero-order valence-electron chi connectivity index (χ0n) is 11.1. The summed E-state index contributed by atoms with van der Waals surface area (Å²) in [5.41, 5.74) is 10.2. The van der Waals surface area contributed by atoms with E-state index in [1.807, 2.05) is 38.4 Å². The summed E-state index contributed by atoms with van der Waals surface area (Å²) in [5.74, 6) is 0. The maximum atomic E-state index is 5.80. The maximum absolute atomic E-state index is 5.80. The van der Waals surface area contributed by atoms with Crippen LogP contribution in [0.15, 0.2) is 42.6 Å². The van der Waals surface area contributed by atoms with E-state index in [-0.39, 0.29) is 6.04 Å². The Morgan fingerprint density at radius 3 is 2.44 bits per heavy atom. The summed E-state index contributed by atoms with van der Waals surface area (Å²) in [6.07, 6.45) is 1.87. The molecule has 1 heterocycles. The summed E-state index contributed by atoms with van der Waals surface area (Å²) >= 11 is 0. The number of benzene rings is 1. The fourth-order valence-electron chi connectivity index (χ4n) is 1.94. The third kappa shape index (κ3) is 2.51. The first-order valence-electron chi connectivity index (χ1n) is 6.10. The van der Waals surface area contributed by atoms with Crippen molar-refractivity contribution in [2.24, 2.45) is 5.73 Å². The van der Waals surface area contributed by atoms with Crippen molar-refractivity contribution in [2.45, 2.75) is 19.9 Å². The van der Waals surface area contributed by atoms with E-state index >= 15 is 0 Å². The van der Waals surface area contributed by atoms with Crippen molar-refractivity contribution in [2.75, 3.05) is 11.9 Å². The largest absolute Gasteiger partial charge is 0.343 e. The maximum Gasteiger partial charge on any atom is 0.0594 e. The molecule has 0 aliphatic heterocycles. The highest BCUT2D eigenvalue weighted by Crippen LogP contribution is 2.26. The van der Waals surface area contributed by atoms with Gasteiger partial charge < -0.3 is 10.6 Å². The normalized spacial score (nSPS) is 12.2. The molecule has 0 bridgehead atoms. The summed E-state index contributed by atoms with van der Waals surface area (Å²) in [6, 6.07) is 12.3. The predicted octanol–water partition coefficient (Wildman–Crippen LogP) is 3.18. The topological polar surface area (TPSA) is 42.1 Å². The molecule has 3 heteroatoms. The lowest BCUT2D eigenvalue weighted by Gasteiger charge is -2.21. The zero-order chi connectivity index (χ0) is 13.1. The van der Waals surface area contributed by atoms with Crippen molar-refractivity contribution >= 4 is 11.4 Å². The predicted molar refractivity (Wildman–Crippen MR) is 76.1 cm³/mol. The monoisotopic (exact) mass is 241 g/mol. The van der Waals surface area contributed by atoms with Crippen LogP contribution < -0.4 is 10.6 Å². The van der Waals surface area contributed by atoms with E-state index in [2.05, 4.69) is 35.0 Å². The Morgan fingerprint density at radius 2 is 1.89 bits per heavy atom. The van der Waals surface area contributed by atoms with Crippen LogP contribution in [-0.4, -0.2) is 12.0 Å². The van der Waals surface area contributed by atoms with Crippen molar-refractivity contribution in [3.63, 3.8) is 0 Å². The van der Waals surface area contributed by atoms with Crippen molar-refractivity contribution in [3.05, 3.63) is 53.9 Å². The fourth-order valence-corrected chi connectivity index (χ4v) is 1.94. The number of nitrogens with zero attached hydrogens (tertiary/aromatic N) is 2. The van der Waals surface area contributed by atoms with Crippen LogP contribution in [0.4, 0.5) is 11.4 Å². The minimum atomic E-state index is -0.0252. The second kappa shape index (κ2) is 5.19. The van der Waals surface area contributed by atoms with Crippen molar-refractivity contribution in [1.82, 2.24) is 4.98 Å². The molecule has 0 aliphatic rings. The SMILES string of the molecule is Cc1ccccc1N(C)c1ccc(C(C)N)nc1. The lowest BCUT2D eigenvalue weighted by molar-refractivity contribution is 0.781. The molecule has 0 radical (unpaired) electrons. The summed E-state index contributed by atoms with van der Waals surface area (Å²) in [5, 5.41) is 0. The van der Waals surface area contributed by atoms with Gasteiger partial charge in [0.05, 0.1) is 17.6 Å². The lowest BCUT2D eigenvalue weighted by Crippen LogP contribution is -2.12. The Morgan fingerprint density at radius 1 is 1.17 bits per heavy atom. The summed E-state index contributed by atoms with van der Waals surface area (Å²) in [6.45, 7) is 4.04. The number of rotatable bonds is 3. The second-order valence-corrected chi connectivity index (χ2v) is 4.58. The average Bonchev–Trinajstić information content (AvgIpc) is 2.38. The molecule has 1 aromatic heterocycles. The van der Waals surface area contributed by atoms with Crippen LogP contribution in [0.5, 0.6) is 0 Å². The first-order valence-corrected chi connectivity index (χ1v) is 6.10. The molecule has 0 saturated heterocycles. The number of hydrogen-bond acceptors (Lipinski definition) is 3. The highest BCUT2D eigenvalue weighted by atomic mass is 15.1. The van der Waals surface area contributed by atoms with Crippen LogP contribution in [-0.2, 0) is 0 Å². The first kappa shape index (κ1) is 12.6. The highest BCUT2D eigenvalue weighted by Gasteiger charge is 2.07. The first-order chi connectivity index (χ1) is 8.59. The van der Waals surface area contributed by atoms with Gasteiger partial charge in [0.1, 0.15) is 0 Å². The van der Waals surface area contributed by atoms with E-state index in [0.717, 1.165) is 11.4 Å². The van der Waals surface area contributed by atoms with Crippen LogP contribution in [0.2, 0.25) is 0 Å². The molecule has 2 N–H and O–H groups in total. The standard InChI is InChI=1S/C15H19N3/c1-11-6-4-5-7-15(11)18(3)13-8-9-14(12(2)16)17-10-13/h4-10,12H,16H2,1-3H3. The van der Waals surface area contributed by atoms with Gasteiger partial charge in [-0.1, -0.05) is 18.2 Å². The van der Waals surface area contributed by atoms with Gasteiger partial charge >= 0.3 is 0 Å². The van der Waals surface area contributed by atoms with Crippen molar-refractivity contribution in [1.29, 1.82) is 0 Å². The van der Waals surface area contributed by atoms with Gasteiger partial charge in [0.15, 0.2) is 0 Å². The molecule has 0 fully saturated rings. The van der Waals surface area contributed by atoms with Crippen molar-refractivity contribution < 1.29 is 0 Å². The van der Waals surface area contributed by atoms with Crippen LogP contribution in [0.3, 0.4) is 0 Å². The Bertz CT molecular complexity index is 518. The van der Waals surface area contributed by atoms with Crippen molar-refractivity contribution in [3.8, 4) is 0 Å². The Labute approximate surface area is 108 Å². The number of nitrogens with two attached hydrogens (primary N) is 1. The molecule has 2 rings (SSSR count). The molecule has 94 valence electrons. The molecule has 18 heavy (non-hydrogen) atoms. The van der Waals surface area contributed by atoms with Crippen LogP contribution >= 0.6 is 0 Å². The van der Waals surface area contributed by atoms with Gasteiger partial charge in [0, 0.05) is 18.8 Å². The third-order valence-electron chi connectivity index (χ3n) is 3.10. The molecule has 1 unspecified atom stereocenters. The molecular weight excluding hydrogens is 222 g/mol. The molecule has 2 aromatic rings. The minimum absolute atomic E-state index is 0.0252. The van der Waals surface area contributed by atoms with E-state index in [1.54, 1.807) is 0 Å². The molecule has 3 nitrogen and oxygen atoms in total. The number of aromatic nitrogens is 1. The van der Waals surface area contributed by atoms with Gasteiger partial charge in [-0.25, -0.2) is 0 Å². The van der Waals surface area contributed by atoms with Gasteiger partial charge in [-0.15, -0.1) is 0 Å². The zero-order valence-corrected chi connectivity index (χ0v) is 11.1. The average molecular weight is 241 g/mol. The van der Waals surface area contributed by atoms with E-state index in [1.165, 1.54) is 11.3 Å². The van der Waals surface area contributed by atoms with Crippen LogP contribution in [0.25, 0.3) is 0 Å². The van der Waals surface area contributed by atoms with E-state index < -0.39 is 0 Å². The molecule has 0 amide bonds. The van der Waals surface area contributed by atoms with Gasteiger partial charge in [0.25, 0.3) is 0 Å². The van der Waals surface area contributed by atoms with Gasteiger partial charge in [-0.05, 0) is 37.6 Å². The Balaban J connectivity index is 2.29. The number of hydrogen-bond donors (Lipinski definition) is 1. The fraction of sp³-hybridized carbons (Fsp3) is 0.267. The Hall–Kier alpha value is -1.87. The molecule has 0 aliphatic carbocycles. The summed E-state index contributed by atoms with van der Waals surface area (Å²) in [7, 11) is 2.05. The minimum Gasteiger partial charge on any atom is -0.343 e. The van der Waals surface area contributed by atoms with E-state index in [9.17, 15) is 0 Å². The molecule has 0 saturated carbocycles. The smallest absolute Gasteiger partial charge is 0.0594 e. The van der Waals surface area contributed by atoms with Gasteiger partial charge in [-0.3, -0.25) is 4.98 Å². The Kier molecular flexibility index (Phi) is 3.63. The number of pyridine rings is 1. The number of aryl methyl sites for hydroxylation is 1. The van der Waals surface area contributed by atoms with E-state index in [4.69, 9.17) is 5.73 Å². The number of para-hydroxylation sites is 1. The second-order valence-electron chi connectivity index (χ2n) is 4.58. The lowest BCUT2D eigenvalue weighted by atomic mass is 10.1. The third-order valence-corrected chi connectivity index (χ3v) is 3.10. The molecular formula is C15H19N3. The summed E-state index contributed by atoms with van der Waals surface area (Å²) < 4.78 is 0. The van der Waals surface area contributed by atoms with Crippen LogP contribution in [0.1, 0.15) is 24.2 Å². The van der Waals surface area contributed by atoms with E-state index in [0.29, 0.717) is 0 Å². The van der Waals surface area contributed by atoms with Crippen LogP contribution in [0, 0.1) is 6.92 Å². The molecule has 1 aromatic carbocycles. The highest BCUT2D eigenvalue weighted by molar-refractivity contribution is 5.64. The van der Waals surface area contributed by atoms with Gasteiger partial charge in [-0.2, -0.15) is 0 Å². The quantitative estimate of drug-likeness (QED) is 0.897. The molecule has 0 spiro atoms. The molecule has 1 atom stereocenters.